The van der Waals surface area contributed by atoms with Crippen LogP contribution in [-0.4, -0.2) is 37.3 Å². The Bertz CT molecular complexity index is 115. The van der Waals surface area contributed by atoms with Crippen LogP contribution in [0, 0.1) is 0 Å². The molecule has 0 aromatic heterocycles. The first-order valence-corrected chi connectivity index (χ1v) is 7.89. The highest BCUT2D eigenvalue weighted by Crippen LogP contribution is 1.81. The molecule has 0 spiro atoms. The van der Waals surface area contributed by atoms with Crippen LogP contribution in [0.1, 0.15) is 69.2 Å². The molecule has 0 unspecified atom stereocenters. The first-order chi connectivity index (χ1) is 8.67. The van der Waals surface area contributed by atoms with Gasteiger partial charge in [0.05, 0.1) is 0 Å². The second kappa shape index (κ2) is 17.9. The third kappa shape index (κ3) is 46.2. The lowest BCUT2D eigenvalue weighted by molar-refractivity contribution is 0.518. The largest absolute Gasteiger partial charge is 0.317 e. The van der Waals surface area contributed by atoms with E-state index in [0.29, 0.717) is 24.2 Å². The molecule has 120 valence electrons. The zero-order valence-corrected chi connectivity index (χ0v) is 15.2. The summed E-state index contributed by atoms with van der Waals surface area (Å²) in [4.78, 5) is 0. The summed E-state index contributed by atoms with van der Waals surface area (Å²) in [5.74, 6) is 0. The quantitative estimate of drug-likeness (QED) is 0.695. The molecule has 0 aromatic carbocycles. The molecular formula is C16H41N3. The molecule has 3 N–H and O–H groups in total. The topological polar surface area (TPSA) is 36.1 Å². The van der Waals surface area contributed by atoms with Crippen LogP contribution in [-0.2, 0) is 0 Å². The van der Waals surface area contributed by atoms with Gasteiger partial charge in [-0.25, -0.2) is 0 Å². The summed E-state index contributed by atoms with van der Waals surface area (Å²) >= 11 is 0. The predicted molar refractivity (Wildman–Crippen MR) is 91.0 cm³/mol. The Labute approximate surface area is 123 Å². The molecule has 19 heavy (non-hydrogen) atoms. The number of rotatable bonds is 6. The Hall–Kier alpha value is -0.120. The molecule has 0 aliphatic heterocycles. The molecule has 0 aliphatic rings. The van der Waals surface area contributed by atoms with Crippen molar-refractivity contribution >= 4 is 0 Å². The van der Waals surface area contributed by atoms with E-state index in [-0.39, 0.29) is 0 Å². The minimum absolute atomic E-state index is 0.625. The maximum atomic E-state index is 3.31. The van der Waals surface area contributed by atoms with Gasteiger partial charge in [-0.3, -0.25) is 0 Å². The Balaban J connectivity index is -0.000000206. The molecule has 0 rings (SSSR count). The molecule has 0 heterocycles. The summed E-state index contributed by atoms with van der Waals surface area (Å²) in [5, 5.41) is 9.72. The maximum absolute atomic E-state index is 3.31. The van der Waals surface area contributed by atoms with E-state index in [9.17, 15) is 0 Å². The Morgan fingerprint density at radius 1 is 0.526 bits per heavy atom. The van der Waals surface area contributed by atoms with E-state index in [1.165, 1.54) is 0 Å². The van der Waals surface area contributed by atoms with Crippen molar-refractivity contribution in [2.24, 2.45) is 0 Å². The second-order valence-electron chi connectivity index (χ2n) is 5.91. The lowest BCUT2D eigenvalue weighted by Gasteiger charge is -2.10. The average molecular weight is 276 g/mol. The van der Waals surface area contributed by atoms with Gasteiger partial charge in [0.15, 0.2) is 0 Å². The molecule has 0 saturated carbocycles. The van der Waals surface area contributed by atoms with Crippen molar-refractivity contribution in [1.29, 1.82) is 0 Å². The van der Waals surface area contributed by atoms with Crippen LogP contribution in [0.25, 0.3) is 0 Å². The fraction of sp³-hybridized carbons (Fsp3) is 1.00. The van der Waals surface area contributed by atoms with Gasteiger partial charge in [0.25, 0.3) is 0 Å². The van der Waals surface area contributed by atoms with Crippen LogP contribution >= 0.6 is 0 Å². The molecule has 3 heteroatoms. The van der Waals surface area contributed by atoms with Crippen LogP contribution in [0.3, 0.4) is 0 Å². The average Bonchev–Trinajstić information content (AvgIpc) is 2.15. The van der Waals surface area contributed by atoms with E-state index in [4.69, 9.17) is 0 Å². The lowest BCUT2D eigenvalue weighted by Crippen LogP contribution is -2.29. The van der Waals surface area contributed by atoms with Gasteiger partial charge in [-0.1, -0.05) is 69.2 Å². The Morgan fingerprint density at radius 3 is 0.737 bits per heavy atom. The van der Waals surface area contributed by atoms with Crippen LogP contribution in [0.2, 0.25) is 0 Å². The molecule has 0 saturated heterocycles. The van der Waals surface area contributed by atoms with Gasteiger partial charge >= 0.3 is 0 Å². The van der Waals surface area contributed by atoms with Gasteiger partial charge < -0.3 is 16.0 Å². The summed E-state index contributed by atoms with van der Waals surface area (Å²) in [6, 6.07) is 2.50. The molecule has 0 amide bonds. The van der Waals surface area contributed by atoms with E-state index < -0.39 is 0 Å². The van der Waals surface area contributed by atoms with E-state index in [0.717, 1.165) is 13.1 Å². The number of hydrogen-bond acceptors (Lipinski definition) is 3. The monoisotopic (exact) mass is 275 g/mol. The van der Waals surface area contributed by atoms with Gasteiger partial charge in [0, 0.05) is 24.2 Å². The molecule has 0 radical (unpaired) electrons. The van der Waals surface area contributed by atoms with Crippen molar-refractivity contribution < 1.29 is 0 Å². The van der Waals surface area contributed by atoms with Crippen LogP contribution < -0.4 is 16.0 Å². The third-order valence-electron chi connectivity index (χ3n) is 1.83. The SMILES string of the molecule is CC(C)NC(C)C.CC(C)NC(C)C.CCNCC. The minimum atomic E-state index is 0.625. The summed E-state index contributed by atoms with van der Waals surface area (Å²) in [5.41, 5.74) is 0. The van der Waals surface area contributed by atoms with Gasteiger partial charge in [-0.2, -0.15) is 0 Å². The molecule has 0 bridgehead atoms. The van der Waals surface area contributed by atoms with Gasteiger partial charge in [0.2, 0.25) is 0 Å². The first kappa shape index (κ1) is 23.9. The highest BCUT2D eigenvalue weighted by atomic mass is 14.9. The molecular weight excluding hydrogens is 234 g/mol. The van der Waals surface area contributed by atoms with E-state index in [2.05, 4.69) is 85.2 Å². The fourth-order valence-corrected chi connectivity index (χ4v) is 1.58. The highest BCUT2D eigenvalue weighted by molar-refractivity contribution is 4.56. The fourth-order valence-electron chi connectivity index (χ4n) is 1.58. The van der Waals surface area contributed by atoms with Crippen LogP contribution in [0.5, 0.6) is 0 Å². The van der Waals surface area contributed by atoms with Crippen LogP contribution in [0.15, 0.2) is 0 Å². The summed E-state index contributed by atoms with van der Waals surface area (Å²) < 4.78 is 0. The highest BCUT2D eigenvalue weighted by Gasteiger charge is 1.93. The summed E-state index contributed by atoms with van der Waals surface area (Å²) in [6.07, 6.45) is 0. The van der Waals surface area contributed by atoms with Crippen molar-refractivity contribution in [2.45, 2.75) is 93.4 Å². The van der Waals surface area contributed by atoms with E-state index in [1.54, 1.807) is 0 Å². The van der Waals surface area contributed by atoms with Crippen LogP contribution in [0.4, 0.5) is 0 Å². The molecule has 0 atom stereocenters. The van der Waals surface area contributed by atoms with E-state index in [1.807, 2.05) is 0 Å². The normalized spacial score (nSPS) is 10.4. The van der Waals surface area contributed by atoms with Gasteiger partial charge in [-0.15, -0.1) is 0 Å². The summed E-state index contributed by atoms with van der Waals surface area (Å²) in [6.45, 7) is 23.6. The Kier molecular flexibility index (Phi) is 22.5. The van der Waals surface area contributed by atoms with Crippen molar-refractivity contribution in [2.75, 3.05) is 13.1 Å². The first-order valence-electron chi connectivity index (χ1n) is 7.89. The van der Waals surface area contributed by atoms with Crippen molar-refractivity contribution in [3.63, 3.8) is 0 Å². The third-order valence-corrected chi connectivity index (χ3v) is 1.83. The van der Waals surface area contributed by atoms with E-state index >= 15 is 0 Å². The minimum Gasteiger partial charge on any atom is -0.317 e. The zero-order valence-electron chi connectivity index (χ0n) is 15.2. The predicted octanol–water partition coefficient (Wildman–Crippen LogP) is 3.40. The molecule has 0 aliphatic carbocycles. The summed E-state index contributed by atoms with van der Waals surface area (Å²) in [7, 11) is 0. The van der Waals surface area contributed by atoms with Gasteiger partial charge in [-0.05, 0) is 13.1 Å². The van der Waals surface area contributed by atoms with Crippen molar-refractivity contribution in [3.8, 4) is 0 Å². The number of nitrogens with one attached hydrogen (secondary N) is 3. The molecule has 0 fully saturated rings. The van der Waals surface area contributed by atoms with Gasteiger partial charge in [0.1, 0.15) is 0 Å². The number of hydrogen-bond donors (Lipinski definition) is 3. The lowest BCUT2D eigenvalue weighted by atomic mass is 10.3. The molecule has 0 aromatic rings. The standard InChI is InChI=1S/2C6H15N.C4H11N/c2*1-5(2)7-6(3)4;1-3-5-4-2/h2*5-7H,1-4H3;5H,3-4H2,1-2H3. The zero-order chi connectivity index (χ0) is 15.8. The Morgan fingerprint density at radius 2 is 0.737 bits per heavy atom. The second-order valence-corrected chi connectivity index (χ2v) is 5.91. The molecule has 3 nitrogen and oxygen atoms in total. The smallest absolute Gasteiger partial charge is 0.00127 e. The van der Waals surface area contributed by atoms with Crippen molar-refractivity contribution in [1.82, 2.24) is 16.0 Å². The van der Waals surface area contributed by atoms with Crippen molar-refractivity contribution in [3.05, 3.63) is 0 Å². The maximum Gasteiger partial charge on any atom is 0.00127 e.